The van der Waals surface area contributed by atoms with Crippen LogP contribution in [-0.4, -0.2) is 43.8 Å². The lowest BCUT2D eigenvalue weighted by Gasteiger charge is -2.24. The number of methoxy groups -OCH3 is 1. The maximum atomic E-state index is 5.91. The molecule has 0 radical (unpaired) electrons. The number of hydrogen-bond acceptors (Lipinski definition) is 3. The van der Waals surface area contributed by atoms with Crippen LogP contribution in [0.2, 0.25) is 0 Å². The van der Waals surface area contributed by atoms with Crippen molar-refractivity contribution in [2.24, 2.45) is 5.73 Å². The lowest BCUT2D eigenvalue weighted by molar-refractivity contribution is 0.150. The molecule has 1 unspecified atom stereocenters. The van der Waals surface area contributed by atoms with Crippen LogP contribution in [0.25, 0.3) is 0 Å². The van der Waals surface area contributed by atoms with E-state index in [0.717, 1.165) is 12.6 Å². The molecule has 0 aliphatic heterocycles. The highest BCUT2D eigenvalue weighted by Crippen LogP contribution is 2.26. The quantitative estimate of drug-likeness (QED) is 0.640. The van der Waals surface area contributed by atoms with Crippen molar-refractivity contribution in [1.82, 2.24) is 4.90 Å². The number of nitrogens with two attached hydrogens (primary N) is 1. The summed E-state index contributed by atoms with van der Waals surface area (Å²) in [5.41, 5.74) is 5.91. The summed E-state index contributed by atoms with van der Waals surface area (Å²) in [6.07, 6.45) is 3.94. The summed E-state index contributed by atoms with van der Waals surface area (Å²) < 4.78 is 5.03. The fourth-order valence-electron chi connectivity index (χ4n) is 1.72. The Morgan fingerprint density at radius 3 is 2.69 bits per heavy atom. The van der Waals surface area contributed by atoms with Crippen molar-refractivity contribution in [3.8, 4) is 0 Å². The summed E-state index contributed by atoms with van der Waals surface area (Å²) in [7, 11) is 1.71. The van der Waals surface area contributed by atoms with Gasteiger partial charge in [-0.05, 0) is 25.8 Å². The molecule has 0 aromatic heterocycles. The largest absolute Gasteiger partial charge is 0.383 e. The third-order valence-electron chi connectivity index (χ3n) is 2.42. The average Bonchev–Trinajstić information content (AvgIpc) is 2.86. The van der Waals surface area contributed by atoms with Crippen LogP contribution in [0.4, 0.5) is 0 Å². The standard InChI is InChI=1S/C10H22N2O/c1-3-6-12(10-4-5-10)7-9(11)8-13-2/h9-10H,3-8,11H2,1-2H3. The van der Waals surface area contributed by atoms with Crippen molar-refractivity contribution in [3.05, 3.63) is 0 Å². The molecule has 0 amide bonds. The van der Waals surface area contributed by atoms with E-state index in [0.29, 0.717) is 6.61 Å². The molecule has 1 aliphatic rings. The van der Waals surface area contributed by atoms with Crippen LogP contribution in [0.1, 0.15) is 26.2 Å². The van der Waals surface area contributed by atoms with Crippen molar-refractivity contribution >= 4 is 0 Å². The van der Waals surface area contributed by atoms with Crippen molar-refractivity contribution in [2.75, 3.05) is 26.8 Å². The van der Waals surface area contributed by atoms with Crippen LogP contribution in [0.5, 0.6) is 0 Å². The van der Waals surface area contributed by atoms with Crippen LogP contribution in [0.15, 0.2) is 0 Å². The van der Waals surface area contributed by atoms with E-state index in [9.17, 15) is 0 Å². The Morgan fingerprint density at radius 2 is 2.23 bits per heavy atom. The molecule has 1 rings (SSSR count). The van der Waals surface area contributed by atoms with E-state index < -0.39 is 0 Å². The second-order valence-electron chi connectivity index (χ2n) is 3.94. The molecule has 0 spiro atoms. The highest BCUT2D eigenvalue weighted by molar-refractivity contribution is 4.86. The minimum atomic E-state index is 0.178. The minimum absolute atomic E-state index is 0.178. The zero-order valence-corrected chi connectivity index (χ0v) is 8.83. The van der Waals surface area contributed by atoms with Gasteiger partial charge in [0.1, 0.15) is 0 Å². The summed E-state index contributed by atoms with van der Waals surface area (Å²) in [4.78, 5) is 2.50. The maximum absolute atomic E-state index is 5.91. The van der Waals surface area contributed by atoms with Crippen LogP contribution in [0, 0.1) is 0 Å². The van der Waals surface area contributed by atoms with Gasteiger partial charge in [0.25, 0.3) is 0 Å². The zero-order chi connectivity index (χ0) is 9.68. The van der Waals surface area contributed by atoms with E-state index in [-0.39, 0.29) is 6.04 Å². The summed E-state index contributed by atoms with van der Waals surface area (Å²) in [5.74, 6) is 0. The molecule has 1 atom stereocenters. The molecule has 2 N–H and O–H groups in total. The Labute approximate surface area is 81.2 Å². The van der Waals surface area contributed by atoms with E-state index in [1.807, 2.05) is 0 Å². The molecule has 1 saturated carbocycles. The lowest BCUT2D eigenvalue weighted by atomic mass is 10.3. The van der Waals surface area contributed by atoms with Crippen molar-refractivity contribution in [2.45, 2.75) is 38.3 Å². The number of ether oxygens (including phenoxy) is 1. The second kappa shape index (κ2) is 5.58. The van der Waals surface area contributed by atoms with Crippen LogP contribution >= 0.6 is 0 Å². The molecule has 3 nitrogen and oxygen atoms in total. The fourth-order valence-corrected chi connectivity index (χ4v) is 1.72. The van der Waals surface area contributed by atoms with Crippen LogP contribution < -0.4 is 5.73 Å². The van der Waals surface area contributed by atoms with Crippen molar-refractivity contribution < 1.29 is 4.74 Å². The third kappa shape index (κ3) is 4.07. The fraction of sp³-hybridized carbons (Fsp3) is 1.00. The zero-order valence-electron chi connectivity index (χ0n) is 8.83. The molecule has 3 heteroatoms. The van der Waals surface area contributed by atoms with Gasteiger partial charge in [-0.25, -0.2) is 0 Å². The molecule has 1 fully saturated rings. The first-order valence-electron chi connectivity index (χ1n) is 5.26. The van der Waals surface area contributed by atoms with Gasteiger partial charge < -0.3 is 10.5 Å². The summed E-state index contributed by atoms with van der Waals surface area (Å²) in [5, 5.41) is 0. The first-order valence-corrected chi connectivity index (χ1v) is 5.26. The smallest absolute Gasteiger partial charge is 0.0626 e. The van der Waals surface area contributed by atoms with Gasteiger partial charge in [0, 0.05) is 25.7 Å². The van der Waals surface area contributed by atoms with E-state index in [1.165, 1.54) is 25.8 Å². The van der Waals surface area contributed by atoms with Gasteiger partial charge in [-0.2, -0.15) is 0 Å². The molecule has 0 aromatic carbocycles. The van der Waals surface area contributed by atoms with Crippen molar-refractivity contribution in [1.29, 1.82) is 0 Å². The summed E-state index contributed by atoms with van der Waals surface area (Å²) in [6, 6.07) is 1.00. The molecule has 0 heterocycles. The predicted octanol–water partition coefficient (Wildman–Crippen LogP) is 0.834. The molecular formula is C10H22N2O. The van der Waals surface area contributed by atoms with Crippen LogP contribution in [-0.2, 0) is 4.74 Å². The first-order chi connectivity index (χ1) is 6.27. The third-order valence-corrected chi connectivity index (χ3v) is 2.42. The molecule has 0 bridgehead atoms. The van der Waals surface area contributed by atoms with Gasteiger partial charge in [-0.1, -0.05) is 6.92 Å². The summed E-state index contributed by atoms with van der Waals surface area (Å²) >= 11 is 0. The van der Waals surface area contributed by atoms with Gasteiger partial charge in [0.05, 0.1) is 6.61 Å². The molecular weight excluding hydrogens is 164 g/mol. The van der Waals surface area contributed by atoms with Crippen molar-refractivity contribution in [3.63, 3.8) is 0 Å². The second-order valence-corrected chi connectivity index (χ2v) is 3.94. The van der Waals surface area contributed by atoms with E-state index >= 15 is 0 Å². The highest BCUT2D eigenvalue weighted by Gasteiger charge is 2.28. The lowest BCUT2D eigenvalue weighted by Crippen LogP contribution is -2.41. The predicted molar refractivity (Wildman–Crippen MR) is 54.7 cm³/mol. The topological polar surface area (TPSA) is 38.5 Å². The Morgan fingerprint density at radius 1 is 1.54 bits per heavy atom. The minimum Gasteiger partial charge on any atom is -0.383 e. The number of nitrogens with zero attached hydrogens (tertiary/aromatic N) is 1. The normalized spacial score (nSPS) is 19.4. The Kier molecular flexibility index (Phi) is 4.70. The van der Waals surface area contributed by atoms with Gasteiger partial charge in [0.15, 0.2) is 0 Å². The SMILES string of the molecule is CCCN(CC(N)COC)C1CC1. The molecule has 78 valence electrons. The maximum Gasteiger partial charge on any atom is 0.0626 e. The van der Waals surface area contributed by atoms with Gasteiger partial charge in [-0.3, -0.25) is 4.90 Å². The van der Waals surface area contributed by atoms with E-state index in [4.69, 9.17) is 10.5 Å². The number of rotatable bonds is 7. The summed E-state index contributed by atoms with van der Waals surface area (Å²) in [6.45, 7) is 5.07. The highest BCUT2D eigenvalue weighted by atomic mass is 16.5. The van der Waals surface area contributed by atoms with Gasteiger partial charge in [-0.15, -0.1) is 0 Å². The Hall–Kier alpha value is -0.120. The van der Waals surface area contributed by atoms with E-state index in [1.54, 1.807) is 7.11 Å². The molecule has 0 saturated heterocycles. The molecule has 13 heavy (non-hydrogen) atoms. The molecule has 1 aliphatic carbocycles. The van der Waals surface area contributed by atoms with Crippen LogP contribution in [0.3, 0.4) is 0 Å². The Balaban J connectivity index is 2.20. The van der Waals surface area contributed by atoms with E-state index in [2.05, 4.69) is 11.8 Å². The Bertz CT molecular complexity index is 137. The first kappa shape index (κ1) is 11.0. The average molecular weight is 186 g/mol. The number of hydrogen-bond donors (Lipinski definition) is 1. The molecule has 0 aromatic rings. The van der Waals surface area contributed by atoms with Gasteiger partial charge in [0.2, 0.25) is 0 Å². The van der Waals surface area contributed by atoms with Gasteiger partial charge >= 0.3 is 0 Å². The monoisotopic (exact) mass is 186 g/mol.